The first-order chi connectivity index (χ1) is 12.0. The lowest BCUT2D eigenvalue weighted by molar-refractivity contribution is 0.0861. The van der Waals surface area contributed by atoms with Gasteiger partial charge in [-0.15, -0.1) is 10.2 Å². The van der Waals surface area contributed by atoms with Gasteiger partial charge in [0, 0.05) is 37.3 Å². The number of amides is 2. The van der Waals surface area contributed by atoms with Gasteiger partial charge in [-0.25, -0.2) is 4.79 Å². The normalized spacial score (nSPS) is 24.1. The van der Waals surface area contributed by atoms with Crippen molar-refractivity contribution in [2.45, 2.75) is 51.6 Å². The maximum atomic E-state index is 12.8. The van der Waals surface area contributed by atoms with E-state index in [1.807, 2.05) is 27.6 Å². The molecule has 0 bridgehead atoms. The second-order valence-corrected chi connectivity index (χ2v) is 7.58. The monoisotopic (exact) mass is 342 g/mol. The molecule has 2 saturated heterocycles. The highest BCUT2D eigenvalue weighted by molar-refractivity contribution is 5.89. The number of aromatic nitrogens is 3. The van der Waals surface area contributed by atoms with Crippen LogP contribution in [0.3, 0.4) is 0 Å². The van der Waals surface area contributed by atoms with Crippen molar-refractivity contribution in [1.29, 1.82) is 0 Å². The van der Waals surface area contributed by atoms with E-state index in [-0.39, 0.29) is 18.0 Å². The standard InChI is InChI=1S/C18H26N6O/c1-12(2)17-21-20-16-7-6-14(10-24(16)17)19-18(25)23-11-15-5-4-8-22(15)9-13(23)3/h6-7,10,12-13,15H,4-5,8-9,11H2,1-3H3,(H,19,25)/t13-,15-/m1/s1. The number of hydrogen-bond donors (Lipinski definition) is 1. The van der Waals surface area contributed by atoms with Gasteiger partial charge in [0.05, 0.1) is 5.69 Å². The Balaban J connectivity index is 1.52. The second kappa shape index (κ2) is 6.29. The fourth-order valence-corrected chi connectivity index (χ4v) is 4.04. The van der Waals surface area contributed by atoms with E-state index in [0.29, 0.717) is 6.04 Å². The van der Waals surface area contributed by atoms with Crippen LogP contribution in [0.5, 0.6) is 0 Å². The summed E-state index contributed by atoms with van der Waals surface area (Å²) in [6.45, 7) is 9.27. The molecule has 0 unspecified atom stereocenters. The molecule has 0 spiro atoms. The van der Waals surface area contributed by atoms with Crippen LogP contribution < -0.4 is 5.32 Å². The number of piperazine rings is 1. The first-order valence-electron chi connectivity index (χ1n) is 9.19. The van der Waals surface area contributed by atoms with E-state index in [1.165, 1.54) is 19.4 Å². The predicted octanol–water partition coefficient (Wildman–Crippen LogP) is 2.55. The number of carbonyl (C=O) groups is 1. The number of urea groups is 1. The number of nitrogens with zero attached hydrogens (tertiary/aromatic N) is 5. The zero-order valence-corrected chi connectivity index (χ0v) is 15.1. The van der Waals surface area contributed by atoms with Gasteiger partial charge in [0.15, 0.2) is 5.65 Å². The first kappa shape index (κ1) is 16.3. The molecule has 2 atom stereocenters. The van der Waals surface area contributed by atoms with E-state index >= 15 is 0 Å². The Morgan fingerprint density at radius 3 is 2.92 bits per heavy atom. The number of pyridine rings is 1. The van der Waals surface area contributed by atoms with Crippen molar-refractivity contribution in [3.8, 4) is 0 Å². The van der Waals surface area contributed by atoms with Crippen LogP contribution in [-0.2, 0) is 0 Å². The molecule has 134 valence electrons. The third-order valence-electron chi connectivity index (χ3n) is 5.39. The molecule has 2 aliphatic rings. The summed E-state index contributed by atoms with van der Waals surface area (Å²) in [5.74, 6) is 1.18. The first-order valence-corrected chi connectivity index (χ1v) is 9.19. The molecule has 2 aliphatic heterocycles. The molecule has 1 N–H and O–H groups in total. The van der Waals surface area contributed by atoms with E-state index in [4.69, 9.17) is 0 Å². The molecule has 0 radical (unpaired) electrons. The van der Waals surface area contributed by atoms with E-state index < -0.39 is 0 Å². The van der Waals surface area contributed by atoms with E-state index in [1.54, 1.807) is 0 Å². The average molecular weight is 342 g/mol. The largest absolute Gasteiger partial charge is 0.322 e. The third kappa shape index (κ3) is 2.97. The fraction of sp³-hybridized carbons (Fsp3) is 0.611. The number of carbonyl (C=O) groups excluding carboxylic acids is 1. The Morgan fingerprint density at radius 2 is 2.12 bits per heavy atom. The molecule has 7 heteroatoms. The van der Waals surface area contributed by atoms with Crippen LogP contribution in [-0.4, -0.2) is 62.1 Å². The topological polar surface area (TPSA) is 65.8 Å². The second-order valence-electron chi connectivity index (χ2n) is 7.58. The smallest absolute Gasteiger partial charge is 0.319 e. The van der Waals surface area contributed by atoms with Gasteiger partial charge in [-0.3, -0.25) is 9.30 Å². The van der Waals surface area contributed by atoms with Gasteiger partial charge in [-0.2, -0.15) is 0 Å². The lowest BCUT2D eigenvalue weighted by atomic mass is 10.1. The Kier molecular flexibility index (Phi) is 4.11. The Morgan fingerprint density at radius 1 is 1.28 bits per heavy atom. The maximum absolute atomic E-state index is 12.8. The highest BCUT2D eigenvalue weighted by atomic mass is 16.2. The summed E-state index contributed by atoms with van der Waals surface area (Å²) < 4.78 is 1.96. The Labute approximate surface area is 148 Å². The SMILES string of the molecule is CC(C)c1nnc2ccc(NC(=O)N3C[C@H]4CCCN4C[C@H]3C)cn12. The quantitative estimate of drug-likeness (QED) is 0.911. The summed E-state index contributed by atoms with van der Waals surface area (Å²) in [5.41, 5.74) is 1.58. The van der Waals surface area contributed by atoms with Gasteiger partial charge in [-0.05, 0) is 38.4 Å². The molecular formula is C18H26N6O. The zero-order valence-electron chi connectivity index (χ0n) is 15.1. The van der Waals surface area contributed by atoms with Crippen molar-refractivity contribution in [3.05, 3.63) is 24.2 Å². The Hall–Kier alpha value is -2.15. The summed E-state index contributed by atoms with van der Waals surface area (Å²) in [4.78, 5) is 17.3. The van der Waals surface area contributed by atoms with Crippen LogP contribution in [0.1, 0.15) is 45.4 Å². The summed E-state index contributed by atoms with van der Waals surface area (Å²) in [5, 5.41) is 11.5. The molecule has 2 amide bonds. The lowest BCUT2D eigenvalue weighted by Gasteiger charge is -2.42. The molecule has 4 rings (SSSR count). The van der Waals surface area contributed by atoms with E-state index in [9.17, 15) is 4.79 Å². The van der Waals surface area contributed by atoms with Crippen LogP contribution in [0.2, 0.25) is 0 Å². The molecule has 2 aromatic rings. The Bertz CT molecular complexity index is 785. The van der Waals surface area contributed by atoms with Crippen molar-refractivity contribution in [2.75, 3.05) is 25.0 Å². The van der Waals surface area contributed by atoms with Crippen molar-refractivity contribution >= 4 is 17.4 Å². The van der Waals surface area contributed by atoms with Gasteiger partial charge < -0.3 is 10.2 Å². The number of hydrogen-bond acceptors (Lipinski definition) is 4. The van der Waals surface area contributed by atoms with Crippen LogP contribution in [0, 0.1) is 0 Å². The average Bonchev–Trinajstić information content (AvgIpc) is 3.19. The highest BCUT2D eigenvalue weighted by Gasteiger charge is 2.36. The minimum atomic E-state index is -0.0161. The minimum absolute atomic E-state index is 0.0161. The summed E-state index contributed by atoms with van der Waals surface area (Å²) in [6.07, 6.45) is 4.36. The molecule has 0 saturated carbocycles. The van der Waals surface area contributed by atoms with Crippen LogP contribution in [0.15, 0.2) is 18.3 Å². The van der Waals surface area contributed by atoms with Crippen molar-refractivity contribution in [2.24, 2.45) is 0 Å². The summed E-state index contributed by atoms with van der Waals surface area (Å²) in [6, 6.07) is 4.53. The van der Waals surface area contributed by atoms with Gasteiger partial charge in [0.1, 0.15) is 5.82 Å². The predicted molar refractivity (Wildman–Crippen MR) is 96.9 cm³/mol. The van der Waals surface area contributed by atoms with Crippen LogP contribution in [0.4, 0.5) is 10.5 Å². The highest BCUT2D eigenvalue weighted by Crippen LogP contribution is 2.25. The van der Waals surface area contributed by atoms with E-state index in [0.717, 1.165) is 30.2 Å². The van der Waals surface area contributed by atoms with Gasteiger partial charge in [0.25, 0.3) is 0 Å². The third-order valence-corrected chi connectivity index (χ3v) is 5.39. The van der Waals surface area contributed by atoms with Gasteiger partial charge >= 0.3 is 6.03 Å². The molecule has 2 aromatic heterocycles. The number of rotatable bonds is 2. The number of anilines is 1. The number of fused-ring (bicyclic) bond motifs is 2. The van der Waals surface area contributed by atoms with E-state index in [2.05, 4.69) is 41.2 Å². The van der Waals surface area contributed by atoms with Crippen LogP contribution in [0.25, 0.3) is 5.65 Å². The lowest BCUT2D eigenvalue weighted by Crippen LogP contribution is -2.57. The molecule has 4 heterocycles. The van der Waals surface area contributed by atoms with Crippen molar-refractivity contribution < 1.29 is 4.79 Å². The van der Waals surface area contributed by atoms with Crippen molar-refractivity contribution in [3.63, 3.8) is 0 Å². The molecule has 7 nitrogen and oxygen atoms in total. The maximum Gasteiger partial charge on any atom is 0.322 e. The fourth-order valence-electron chi connectivity index (χ4n) is 4.04. The van der Waals surface area contributed by atoms with Crippen LogP contribution >= 0.6 is 0 Å². The zero-order chi connectivity index (χ0) is 17.6. The molecule has 25 heavy (non-hydrogen) atoms. The minimum Gasteiger partial charge on any atom is -0.319 e. The molecular weight excluding hydrogens is 316 g/mol. The molecule has 2 fully saturated rings. The van der Waals surface area contributed by atoms with Crippen molar-refractivity contribution in [1.82, 2.24) is 24.4 Å². The molecule has 0 aliphatic carbocycles. The van der Waals surface area contributed by atoms with Gasteiger partial charge in [-0.1, -0.05) is 13.8 Å². The summed E-state index contributed by atoms with van der Waals surface area (Å²) in [7, 11) is 0. The molecule has 0 aromatic carbocycles. The summed E-state index contributed by atoms with van der Waals surface area (Å²) >= 11 is 0. The van der Waals surface area contributed by atoms with Gasteiger partial charge in [0.2, 0.25) is 0 Å². The number of nitrogens with one attached hydrogen (secondary N) is 1.